The number of hydrogen-bond donors (Lipinski definition) is 3. The molecule has 1 aromatic carbocycles. The van der Waals surface area contributed by atoms with Crippen LogP contribution in [-0.4, -0.2) is 71.8 Å². The van der Waals surface area contributed by atoms with Gasteiger partial charge in [-0.2, -0.15) is 5.26 Å². The van der Waals surface area contributed by atoms with Crippen molar-refractivity contribution >= 4 is 17.7 Å². The summed E-state index contributed by atoms with van der Waals surface area (Å²) in [6.07, 6.45) is 2.24. The van der Waals surface area contributed by atoms with E-state index in [1.807, 2.05) is 35.8 Å². The summed E-state index contributed by atoms with van der Waals surface area (Å²) in [7, 11) is 1.59. The average Bonchev–Trinajstić information content (AvgIpc) is 3.39. The van der Waals surface area contributed by atoms with Gasteiger partial charge in [0.2, 0.25) is 11.8 Å². The number of amides is 3. The molecule has 2 saturated heterocycles. The lowest BCUT2D eigenvalue weighted by Gasteiger charge is -2.38. The maximum Gasteiger partial charge on any atom is 0.251 e. The molecule has 1 aromatic rings. The number of benzene rings is 1. The zero-order valence-electron chi connectivity index (χ0n) is 20.5. The zero-order chi connectivity index (χ0) is 25.0. The first kappa shape index (κ1) is 25.7. The standard InChI is InChI=1S/C25H36N6O3/c1-5-15(2)10-19(12-26)29-24(33)21(27)14-30-13-20-11-22(30)25(34)31(20)16(3)17-6-8-18(9-7-17)23(32)28-4/h6-9,15-16,19-22H,5,10-11,13-14,27H2,1-4H3,(H,28,32)(H,29,33)/t15?,16?,19?,20-,21?,22?/m0/s1. The van der Waals surface area contributed by atoms with Crippen LogP contribution >= 0.6 is 0 Å². The van der Waals surface area contributed by atoms with Crippen molar-refractivity contribution in [2.45, 2.75) is 70.2 Å². The van der Waals surface area contributed by atoms with Gasteiger partial charge in [-0.1, -0.05) is 32.4 Å². The molecule has 5 unspecified atom stereocenters. The fraction of sp³-hybridized carbons (Fsp3) is 0.600. The summed E-state index contributed by atoms with van der Waals surface area (Å²) in [5.74, 6) is -0.126. The Morgan fingerprint density at radius 1 is 1.26 bits per heavy atom. The minimum atomic E-state index is -0.803. The van der Waals surface area contributed by atoms with Gasteiger partial charge in [-0.3, -0.25) is 19.3 Å². The van der Waals surface area contributed by atoms with Gasteiger partial charge in [-0.25, -0.2) is 0 Å². The Morgan fingerprint density at radius 2 is 1.94 bits per heavy atom. The highest BCUT2D eigenvalue weighted by Crippen LogP contribution is 2.37. The van der Waals surface area contributed by atoms with Gasteiger partial charge in [0.1, 0.15) is 6.04 Å². The van der Waals surface area contributed by atoms with Crippen LogP contribution in [0.25, 0.3) is 0 Å². The number of piperazine rings is 1. The second kappa shape index (κ2) is 11.0. The predicted molar refractivity (Wildman–Crippen MR) is 128 cm³/mol. The highest BCUT2D eigenvalue weighted by Gasteiger charge is 2.51. The van der Waals surface area contributed by atoms with Gasteiger partial charge >= 0.3 is 0 Å². The van der Waals surface area contributed by atoms with Crippen molar-refractivity contribution in [2.24, 2.45) is 11.7 Å². The third-order valence-corrected chi connectivity index (χ3v) is 7.19. The molecule has 3 amide bonds. The second-order valence-electron chi connectivity index (χ2n) is 9.53. The number of fused-ring (bicyclic) bond motifs is 2. The topological polar surface area (TPSA) is 132 Å². The Bertz CT molecular complexity index is 943. The molecule has 2 fully saturated rings. The van der Waals surface area contributed by atoms with Crippen LogP contribution in [0.2, 0.25) is 0 Å². The Hall–Kier alpha value is -2.96. The minimum Gasteiger partial charge on any atom is -0.355 e. The SMILES string of the molecule is CCC(C)CC(C#N)NC(=O)C(N)CN1C[C@@H]2CC1C(=O)N2C(C)c1ccc(C(=O)NC)cc1. The summed E-state index contributed by atoms with van der Waals surface area (Å²) in [5.41, 5.74) is 7.71. The monoisotopic (exact) mass is 468 g/mol. The number of nitrogens with zero attached hydrogens (tertiary/aromatic N) is 3. The molecule has 0 saturated carbocycles. The number of nitrogens with two attached hydrogens (primary N) is 1. The Labute approximate surface area is 201 Å². The first-order valence-electron chi connectivity index (χ1n) is 12.0. The number of nitriles is 1. The van der Waals surface area contributed by atoms with Gasteiger partial charge in [0.05, 0.1) is 24.2 Å². The fourth-order valence-electron chi connectivity index (χ4n) is 4.94. The molecule has 2 aliphatic heterocycles. The lowest BCUT2D eigenvalue weighted by atomic mass is 10.00. The smallest absolute Gasteiger partial charge is 0.251 e. The van der Waals surface area contributed by atoms with Crippen molar-refractivity contribution in [2.75, 3.05) is 20.1 Å². The van der Waals surface area contributed by atoms with Crippen molar-refractivity contribution in [1.29, 1.82) is 5.26 Å². The van der Waals surface area contributed by atoms with E-state index in [0.29, 0.717) is 30.9 Å². The number of hydrogen-bond acceptors (Lipinski definition) is 6. The quantitative estimate of drug-likeness (QED) is 0.472. The second-order valence-corrected chi connectivity index (χ2v) is 9.53. The molecule has 2 bridgehead atoms. The van der Waals surface area contributed by atoms with Crippen LogP contribution in [0, 0.1) is 17.2 Å². The summed E-state index contributed by atoms with van der Waals surface area (Å²) in [6.45, 7) is 7.04. The summed E-state index contributed by atoms with van der Waals surface area (Å²) < 4.78 is 0. The minimum absolute atomic E-state index is 0.0402. The van der Waals surface area contributed by atoms with E-state index in [1.165, 1.54) is 0 Å². The first-order chi connectivity index (χ1) is 16.2. The van der Waals surface area contributed by atoms with Crippen LogP contribution in [-0.2, 0) is 9.59 Å². The first-order valence-corrected chi connectivity index (χ1v) is 12.0. The van der Waals surface area contributed by atoms with Gasteiger partial charge < -0.3 is 21.3 Å². The van der Waals surface area contributed by atoms with E-state index in [1.54, 1.807) is 19.2 Å². The fourth-order valence-corrected chi connectivity index (χ4v) is 4.94. The molecule has 9 heteroatoms. The van der Waals surface area contributed by atoms with E-state index in [-0.39, 0.29) is 42.4 Å². The number of rotatable bonds is 10. The molecule has 0 aromatic heterocycles. The molecule has 34 heavy (non-hydrogen) atoms. The molecule has 0 radical (unpaired) electrons. The molecule has 9 nitrogen and oxygen atoms in total. The van der Waals surface area contributed by atoms with E-state index >= 15 is 0 Å². The van der Waals surface area contributed by atoms with E-state index in [2.05, 4.69) is 23.6 Å². The van der Waals surface area contributed by atoms with Crippen molar-refractivity contribution in [3.8, 4) is 6.07 Å². The van der Waals surface area contributed by atoms with Crippen LogP contribution < -0.4 is 16.4 Å². The molecule has 2 aliphatic rings. The molecule has 4 N–H and O–H groups in total. The van der Waals surface area contributed by atoms with Gasteiger partial charge in [0, 0.05) is 31.7 Å². The third-order valence-electron chi connectivity index (χ3n) is 7.19. The zero-order valence-corrected chi connectivity index (χ0v) is 20.5. The van der Waals surface area contributed by atoms with Gasteiger partial charge in [0.25, 0.3) is 5.91 Å². The predicted octanol–water partition coefficient (Wildman–Crippen LogP) is 1.16. The molecule has 2 heterocycles. The lowest BCUT2D eigenvalue weighted by molar-refractivity contribution is -0.139. The highest BCUT2D eigenvalue weighted by atomic mass is 16.2. The summed E-state index contributed by atoms with van der Waals surface area (Å²) in [4.78, 5) is 41.4. The molecule has 3 rings (SSSR count). The number of carbonyl (C=O) groups is 3. The Kier molecular flexibility index (Phi) is 8.28. The molecule has 6 atom stereocenters. The van der Waals surface area contributed by atoms with Crippen LogP contribution in [0.4, 0.5) is 0 Å². The maximum absolute atomic E-state index is 13.2. The number of likely N-dealkylation sites (tertiary alicyclic amines) is 2. The van der Waals surface area contributed by atoms with Gasteiger partial charge in [-0.05, 0) is 43.4 Å². The Balaban J connectivity index is 1.57. The van der Waals surface area contributed by atoms with Crippen molar-refractivity contribution < 1.29 is 14.4 Å². The van der Waals surface area contributed by atoms with Crippen LogP contribution in [0.3, 0.4) is 0 Å². The van der Waals surface area contributed by atoms with Crippen LogP contribution in [0.15, 0.2) is 24.3 Å². The summed E-state index contributed by atoms with van der Waals surface area (Å²) in [6, 6.07) is 7.74. The van der Waals surface area contributed by atoms with Crippen molar-refractivity contribution in [3.63, 3.8) is 0 Å². The third kappa shape index (κ3) is 5.40. The van der Waals surface area contributed by atoms with E-state index in [9.17, 15) is 19.6 Å². The van der Waals surface area contributed by atoms with Crippen LogP contribution in [0.5, 0.6) is 0 Å². The molecule has 0 aliphatic carbocycles. The molecule has 0 spiro atoms. The molecular weight excluding hydrogens is 432 g/mol. The van der Waals surface area contributed by atoms with Crippen LogP contribution in [0.1, 0.15) is 62.0 Å². The largest absolute Gasteiger partial charge is 0.355 e. The Morgan fingerprint density at radius 3 is 2.50 bits per heavy atom. The van der Waals surface area contributed by atoms with Gasteiger partial charge in [-0.15, -0.1) is 0 Å². The summed E-state index contributed by atoms with van der Waals surface area (Å²) in [5, 5.41) is 14.7. The number of nitrogens with one attached hydrogen (secondary N) is 2. The number of carbonyl (C=O) groups excluding carboxylic acids is 3. The summed E-state index contributed by atoms with van der Waals surface area (Å²) >= 11 is 0. The van der Waals surface area contributed by atoms with Crippen molar-refractivity contribution in [1.82, 2.24) is 20.4 Å². The normalized spacial score (nSPS) is 23.2. The lowest BCUT2D eigenvalue weighted by Crippen LogP contribution is -2.56. The maximum atomic E-state index is 13.2. The molecule has 184 valence electrons. The van der Waals surface area contributed by atoms with E-state index in [4.69, 9.17) is 5.73 Å². The van der Waals surface area contributed by atoms with Crippen molar-refractivity contribution in [3.05, 3.63) is 35.4 Å². The highest BCUT2D eigenvalue weighted by molar-refractivity contribution is 5.94. The van der Waals surface area contributed by atoms with Gasteiger partial charge in [0.15, 0.2) is 0 Å². The average molecular weight is 469 g/mol. The van der Waals surface area contributed by atoms with E-state index < -0.39 is 12.1 Å². The van der Waals surface area contributed by atoms with E-state index in [0.717, 1.165) is 12.0 Å². The molecular formula is C25H36N6O3.